The highest BCUT2D eigenvalue weighted by Gasteiger charge is 2.34. The Labute approximate surface area is 88.9 Å². The third kappa shape index (κ3) is 2.24. The van der Waals surface area contributed by atoms with E-state index in [0.717, 1.165) is 25.5 Å². The van der Waals surface area contributed by atoms with Gasteiger partial charge in [-0.3, -0.25) is 0 Å². The fourth-order valence-electron chi connectivity index (χ4n) is 1.76. The largest absolute Gasteiger partial charge is 0.433 e. The highest BCUT2D eigenvalue weighted by Crippen LogP contribution is 2.29. The van der Waals surface area contributed by atoms with E-state index >= 15 is 0 Å². The molecule has 4 nitrogen and oxygen atoms in total. The summed E-state index contributed by atoms with van der Waals surface area (Å²) in [6.45, 7) is 0.746. The van der Waals surface area contributed by atoms with Crippen LogP contribution in [0.1, 0.15) is 30.3 Å². The summed E-state index contributed by atoms with van der Waals surface area (Å²) in [6, 6.07) is 0.682. The summed E-state index contributed by atoms with van der Waals surface area (Å²) in [5.74, 6) is 0. The monoisotopic (exact) mass is 233 g/mol. The number of halogens is 3. The molecule has 0 aromatic carbocycles. The molecule has 7 heteroatoms. The zero-order valence-corrected chi connectivity index (χ0v) is 8.27. The van der Waals surface area contributed by atoms with E-state index in [9.17, 15) is 18.0 Å². The zero-order chi connectivity index (χ0) is 11.8. The van der Waals surface area contributed by atoms with Gasteiger partial charge >= 0.3 is 11.9 Å². The standard InChI is InChI=1S/C9H10F3N3O/c10-9(11,12)7-4-6(14-8(16)15-7)5-2-1-3-13-5/h4-5,13H,1-3H2,(H,14,15,16). The van der Waals surface area contributed by atoms with Crippen LogP contribution >= 0.6 is 0 Å². The van der Waals surface area contributed by atoms with E-state index in [-0.39, 0.29) is 11.7 Å². The second kappa shape index (κ2) is 3.89. The number of hydrogen-bond donors (Lipinski definition) is 2. The summed E-state index contributed by atoms with van der Waals surface area (Å²) < 4.78 is 37.2. The molecule has 1 unspecified atom stereocenters. The maximum absolute atomic E-state index is 12.4. The number of nitrogens with zero attached hydrogens (tertiary/aromatic N) is 1. The summed E-state index contributed by atoms with van der Waals surface area (Å²) in [6.07, 6.45) is -2.98. The quantitative estimate of drug-likeness (QED) is 0.766. The number of hydrogen-bond acceptors (Lipinski definition) is 3. The molecule has 1 atom stereocenters. The van der Waals surface area contributed by atoms with Crippen LogP contribution in [0.15, 0.2) is 10.9 Å². The molecule has 0 aliphatic carbocycles. The highest BCUT2D eigenvalue weighted by atomic mass is 19.4. The van der Waals surface area contributed by atoms with E-state index in [0.29, 0.717) is 0 Å². The van der Waals surface area contributed by atoms with Crippen molar-refractivity contribution in [1.29, 1.82) is 0 Å². The van der Waals surface area contributed by atoms with Crippen LogP contribution in [0.3, 0.4) is 0 Å². The predicted octanol–water partition coefficient (Wildman–Crippen LogP) is 1.21. The molecule has 2 rings (SSSR count). The normalized spacial score (nSPS) is 21.3. The predicted molar refractivity (Wildman–Crippen MR) is 49.8 cm³/mol. The number of rotatable bonds is 1. The Morgan fingerprint density at radius 3 is 2.75 bits per heavy atom. The lowest BCUT2D eigenvalue weighted by atomic mass is 10.1. The summed E-state index contributed by atoms with van der Waals surface area (Å²) in [7, 11) is 0. The number of alkyl halides is 3. The Balaban J connectivity index is 2.39. The molecule has 0 spiro atoms. The average molecular weight is 233 g/mol. The van der Waals surface area contributed by atoms with Crippen molar-refractivity contribution in [3.05, 3.63) is 27.9 Å². The molecule has 2 heterocycles. The molecule has 0 saturated carbocycles. The Kier molecular flexibility index (Phi) is 2.71. The summed E-state index contributed by atoms with van der Waals surface area (Å²) in [5, 5.41) is 3.01. The zero-order valence-electron chi connectivity index (χ0n) is 8.27. The van der Waals surface area contributed by atoms with Crippen molar-refractivity contribution in [1.82, 2.24) is 15.3 Å². The third-order valence-electron chi connectivity index (χ3n) is 2.49. The number of nitrogens with one attached hydrogen (secondary N) is 2. The molecule has 1 aromatic rings. The van der Waals surface area contributed by atoms with E-state index in [4.69, 9.17) is 0 Å². The van der Waals surface area contributed by atoms with Crippen molar-refractivity contribution in [3.8, 4) is 0 Å². The van der Waals surface area contributed by atoms with Crippen LogP contribution in [0.5, 0.6) is 0 Å². The summed E-state index contributed by atoms with van der Waals surface area (Å²) >= 11 is 0. The van der Waals surface area contributed by atoms with E-state index in [1.54, 1.807) is 0 Å². The minimum atomic E-state index is -4.58. The van der Waals surface area contributed by atoms with Crippen LogP contribution in [0, 0.1) is 0 Å². The first kappa shape index (κ1) is 11.1. The van der Waals surface area contributed by atoms with Crippen molar-refractivity contribution < 1.29 is 13.2 Å². The van der Waals surface area contributed by atoms with E-state index in [1.807, 2.05) is 0 Å². The van der Waals surface area contributed by atoms with Crippen LogP contribution in [0.4, 0.5) is 13.2 Å². The molecule has 2 N–H and O–H groups in total. The fourth-order valence-corrected chi connectivity index (χ4v) is 1.76. The summed E-state index contributed by atoms with van der Waals surface area (Å²) in [5.41, 5.74) is -1.84. The molecule has 1 aliphatic heterocycles. The van der Waals surface area contributed by atoms with Crippen molar-refractivity contribution >= 4 is 0 Å². The lowest BCUT2D eigenvalue weighted by Crippen LogP contribution is -2.24. The molecule has 88 valence electrons. The molecular weight excluding hydrogens is 223 g/mol. The van der Waals surface area contributed by atoms with Gasteiger partial charge < -0.3 is 10.3 Å². The Hall–Kier alpha value is -1.37. The van der Waals surface area contributed by atoms with E-state index < -0.39 is 17.6 Å². The van der Waals surface area contributed by atoms with Gasteiger partial charge in [0.25, 0.3) is 0 Å². The van der Waals surface area contributed by atoms with Gasteiger partial charge in [0.15, 0.2) is 5.69 Å². The molecule has 16 heavy (non-hydrogen) atoms. The van der Waals surface area contributed by atoms with Gasteiger partial charge in [0.2, 0.25) is 0 Å². The van der Waals surface area contributed by atoms with Crippen molar-refractivity contribution in [2.45, 2.75) is 25.1 Å². The SMILES string of the molecule is O=c1nc(C(F)(F)F)cc(C2CCCN2)[nH]1. The molecule has 1 saturated heterocycles. The van der Waals surface area contributed by atoms with Gasteiger partial charge in [-0.05, 0) is 25.5 Å². The lowest BCUT2D eigenvalue weighted by molar-refractivity contribution is -0.141. The maximum atomic E-state index is 12.4. The topological polar surface area (TPSA) is 57.8 Å². The molecule has 1 aliphatic rings. The van der Waals surface area contributed by atoms with E-state index in [1.165, 1.54) is 0 Å². The molecule has 0 radical (unpaired) electrons. The number of aromatic nitrogens is 2. The van der Waals surface area contributed by atoms with Crippen molar-refractivity contribution in [2.24, 2.45) is 0 Å². The van der Waals surface area contributed by atoms with Gasteiger partial charge in [-0.25, -0.2) is 4.79 Å². The van der Waals surface area contributed by atoms with E-state index in [2.05, 4.69) is 15.3 Å². The van der Waals surface area contributed by atoms with Crippen LogP contribution in [-0.2, 0) is 6.18 Å². The molecule has 1 aromatic heterocycles. The minimum Gasteiger partial charge on any atom is -0.309 e. The van der Waals surface area contributed by atoms with Crippen molar-refractivity contribution in [2.75, 3.05) is 6.54 Å². The van der Waals surface area contributed by atoms with Gasteiger partial charge in [0.05, 0.1) is 0 Å². The fraction of sp³-hybridized carbons (Fsp3) is 0.556. The van der Waals surface area contributed by atoms with Gasteiger partial charge in [-0.1, -0.05) is 0 Å². The van der Waals surface area contributed by atoms with Crippen molar-refractivity contribution in [3.63, 3.8) is 0 Å². The Morgan fingerprint density at radius 2 is 2.19 bits per heavy atom. The number of aromatic amines is 1. The lowest BCUT2D eigenvalue weighted by Gasteiger charge is -2.12. The first-order valence-electron chi connectivity index (χ1n) is 4.88. The van der Waals surface area contributed by atoms with Crippen LogP contribution in [-0.4, -0.2) is 16.5 Å². The summed E-state index contributed by atoms with van der Waals surface area (Å²) in [4.78, 5) is 16.3. The molecule has 1 fully saturated rings. The minimum absolute atomic E-state index is 0.211. The van der Waals surface area contributed by atoms with Crippen LogP contribution < -0.4 is 11.0 Å². The number of H-pyrrole nitrogens is 1. The van der Waals surface area contributed by atoms with Gasteiger partial charge in [-0.2, -0.15) is 18.2 Å². The Morgan fingerprint density at radius 1 is 1.44 bits per heavy atom. The molecule has 0 amide bonds. The van der Waals surface area contributed by atoms with Crippen LogP contribution in [0.25, 0.3) is 0 Å². The Bertz CT molecular complexity index is 434. The molecular formula is C9H10F3N3O. The smallest absolute Gasteiger partial charge is 0.309 e. The first-order chi connectivity index (χ1) is 7.47. The van der Waals surface area contributed by atoms with Gasteiger partial charge in [0.1, 0.15) is 0 Å². The first-order valence-corrected chi connectivity index (χ1v) is 4.88. The second-order valence-electron chi connectivity index (χ2n) is 3.67. The third-order valence-corrected chi connectivity index (χ3v) is 2.49. The molecule has 0 bridgehead atoms. The van der Waals surface area contributed by atoms with Crippen LogP contribution in [0.2, 0.25) is 0 Å². The maximum Gasteiger partial charge on any atom is 0.433 e. The van der Waals surface area contributed by atoms with Gasteiger partial charge in [-0.15, -0.1) is 0 Å². The highest BCUT2D eigenvalue weighted by molar-refractivity contribution is 5.15. The second-order valence-corrected chi connectivity index (χ2v) is 3.67. The van der Waals surface area contributed by atoms with Gasteiger partial charge in [0, 0.05) is 11.7 Å². The average Bonchev–Trinajstić information content (AvgIpc) is 2.68.